The molecule has 3 aromatic heterocycles. The van der Waals surface area contributed by atoms with Crippen LogP contribution in [0.2, 0.25) is 5.15 Å². The maximum Gasteiger partial charge on any atom is 0.339 e. The molecule has 0 radical (unpaired) electrons. The number of aliphatic hydroxyl groups is 1. The number of nitrogens with zero attached hydrogens (tertiary/aromatic N) is 4. The third kappa shape index (κ3) is 5.85. The fraction of sp³-hybridized carbons (Fsp3) is 0.435. The summed E-state index contributed by atoms with van der Waals surface area (Å²) in [6.45, 7) is 2.66. The first-order valence-corrected chi connectivity index (χ1v) is 11.5. The summed E-state index contributed by atoms with van der Waals surface area (Å²) in [5, 5.41) is 18.1. The molecule has 3 N–H and O–H groups in total. The van der Waals surface area contributed by atoms with Crippen LogP contribution in [0, 0.1) is 5.92 Å². The third-order valence-corrected chi connectivity index (χ3v) is 6.09. The van der Waals surface area contributed by atoms with Crippen molar-refractivity contribution in [2.75, 3.05) is 23.8 Å². The van der Waals surface area contributed by atoms with Crippen LogP contribution in [0.4, 0.5) is 11.8 Å². The molecule has 0 amide bonds. The molecule has 174 valence electrons. The van der Waals surface area contributed by atoms with Crippen LogP contribution < -0.4 is 10.6 Å². The monoisotopic (exact) mass is 470 g/mol. The van der Waals surface area contributed by atoms with Crippen LogP contribution in [0.5, 0.6) is 0 Å². The predicted octanol–water partition coefficient (Wildman–Crippen LogP) is 3.75. The van der Waals surface area contributed by atoms with Gasteiger partial charge in [0.25, 0.3) is 0 Å². The van der Waals surface area contributed by atoms with Crippen LogP contribution in [-0.2, 0) is 9.53 Å². The van der Waals surface area contributed by atoms with Gasteiger partial charge in [-0.05, 0) is 56.7 Å². The molecule has 4 rings (SSSR count). The zero-order valence-electron chi connectivity index (χ0n) is 18.4. The van der Waals surface area contributed by atoms with Crippen LogP contribution in [0.1, 0.15) is 44.3 Å². The minimum atomic E-state index is -1.37. The third-order valence-electron chi connectivity index (χ3n) is 5.81. The average Bonchev–Trinajstić information content (AvgIpc) is 2.84. The van der Waals surface area contributed by atoms with Crippen LogP contribution in [0.25, 0.3) is 10.9 Å². The number of fused-ring (bicyclic) bond motifs is 1. The number of aliphatic hydroxyl groups excluding tert-OH is 1. The van der Waals surface area contributed by atoms with Crippen LogP contribution >= 0.6 is 11.6 Å². The van der Waals surface area contributed by atoms with Crippen molar-refractivity contribution in [3.63, 3.8) is 0 Å². The van der Waals surface area contributed by atoms with E-state index >= 15 is 0 Å². The fourth-order valence-corrected chi connectivity index (χ4v) is 4.19. The number of hydrogen-bond acceptors (Lipinski definition) is 9. The molecule has 0 bridgehead atoms. The van der Waals surface area contributed by atoms with Gasteiger partial charge in [0.05, 0.1) is 6.61 Å². The maximum absolute atomic E-state index is 11.6. The van der Waals surface area contributed by atoms with E-state index in [0.29, 0.717) is 34.1 Å². The SMILES string of the molecule is CCOC(=O)C(O)c1cnc(NCC2CCC(Nc3ccc4ccnc(Cl)c4n3)CC2)nc1. The molecule has 1 aliphatic carbocycles. The van der Waals surface area contributed by atoms with E-state index < -0.39 is 12.1 Å². The molecular formula is C23H27ClN6O3. The molecule has 1 atom stereocenters. The van der Waals surface area contributed by atoms with Gasteiger partial charge in [-0.25, -0.2) is 24.7 Å². The summed E-state index contributed by atoms with van der Waals surface area (Å²) < 4.78 is 4.81. The van der Waals surface area contributed by atoms with Crippen molar-refractivity contribution < 1.29 is 14.6 Å². The normalized spacial score (nSPS) is 19.1. The number of aromatic nitrogens is 4. The first-order chi connectivity index (χ1) is 16.0. The Labute approximate surface area is 197 Å². The first-order valence-electron chi connectivity index (χ1n) is 11.1. The number of hydrogen-bond donors (Lipinski definition) is 3. The summed E-state index contributed by atoms with van der Waals surface area (Å²) in [4.78, 5) is 28.7. The molecule has 3 heterocycles. The maximum atomic E-state index is 11.6. The Morgan fingerprint density at radius 2 is 1.94 bits per heavy atom. The number of ether oxygens (including phenoxy) is 1. The van der Waals surface area contributed by atoms with E-state index in [4.69, 9.17) is 16.3 Å². The van der Waals surface area contributed by atoms with Gasteiger partial charge in [0.1, 0.15) is 11.3 Å². The molecule has 9 nitrogen and oxygen atoms in total. The van der Waals surface area contributed by atoms with Gasteiger partial charge in [0.2, 0.25) is 5.95 Å². The summed E-state index contributed by atoms with van der Waals surface area (Å²) in [6.07, 6.45) is 7.41. The van der Waals surface area contributed by atoms with Crippen LogP contribution in [-0.4, -0.2) is 50.2 Å². The van der Waals surface area contributed by atoms with E-state index in [1.54, 1.807) is 13.1 Å². The molecule has 0 saturated heterocycles. The predicted molar refractivity (Wildman–Crippen MR) is 126 cm³/mol. The van der Waals surface area contributed by atoms with Gasteiger partial charge >= 0.3 is 5.97 Å². The highest BCUT2D eigenvalue weighted by atomic mass is 35.5. The number of nitrogens with one attached hydrogen (secondary N) is 2. The minimum absolute atomic E-state index is 0.207. The lowest BCUT2D eigenvalue weighted by Gasteiger charge is -2.29. The number of rotatable bonds is 8. The molecule has 10 heteroatoms. The van der Waals surface area contributed by atoms with Gasteiger partial charge < -0.3 is 20.5 Å². The summed E-state index contributed by atoms with van der Waals surface area (Å²) in [6, 6.07) is 6.24. The van der Waals surface area contributed by atoms with Crippen molar-refractivity contribution in [2.24, 2.45) is 5.92 Å². The number of anilines is 2. The second kappa shape index (κ2) is 10.7. The smallest absolute Gasteiger partial charge is 0.339 e. The second-order valence-electron chi connectivity index (χ2n) is 8.11. The Kier molecular flexibility index (Phi) is 7.51. The molecule has 1 unspecified atom stereocenters. The lowest BCUT2D eigenvalue weighted by Crippen LogP contribution is -2.29. The van der Waals surface area contributed by atoms with Gasteiger partial charge in [-0.2, -0.15) is 0 Å². The minimum Gasteiger partial charge on any atom is -0.464 e. The van der Waals surface area contributed by atoms with Crippen molar-refractivity contribution in [1.29, 1.82) is 0 Å². The number of carbonyl (C=O) groups excluding carboxylic acids is 1. The van der Waals surface area contributed by atoms with Crippen molar-refractivity contribution in [1.82, 2.24) is 19.9 Å². The van der Waals surface area contributed by atoms with Crippen molar-refractivity contribution >= 4 is 40.2 Å². The van der Waals surface area contributed by atoms with E-state index in [-0.39, 0.29) is 6.61 Å². The average molecular weight is 471 g/mol. The van der Waals surface area contributed by atoms with Crippen molar-refractivity contribution in [3.05, 3.63) is 47.5 Å². The molecule has 0 aliphatic heterocycles. The lowest BCUT2D eigenvalue weighted by molar-refractivity contribution is -0.153. The second-order valence-corrected chi connectivity index (χ2v) is 8.47. The van der Waals surface area contributed by atoms with Crippen molar-refractivity contribution in [2.45, 2.75) is 44.8 Å². The van der Waals surface area contributed by atoms with E-state index in [9.17, 15) is 9.90 Å². The lowest BCUT2D eigenvalue weighted by atomic mass is 9.86. The Balaban J connectivity index is 1.24. The van der Waals surface area contributed by atoms with E-state index in [2.05, 4.69) is 30.6 Å². The Morgan fingerprint density at radius 3 is 2.67 bits per heavy atom. The number of halogens is 1. The zero-order chi connectivity index (χ0) is 23.2. The molecule has 3 aromatic rings. The number of pyridine rings is 2. The number of carbonyl (C=O) groups is 1. The molecule has 1 aliphatic rings. The zero-order valence-corrected chi connectivity index (χ0v) is 19.1. The standard InChI is InChI=1S/C23H27ClN6O3/c1-2-33-22(32)20(31)16-12-27-23(28-13-16)26-11-14-3-6-17(7-4-14)29-18-8-5-15-9-10-25-21(24)19(15)30-18/h5,8-10,12-14,17,20,31H,2-4,6-7,11H2,1H3,(H,29,30)(H,26,27,28). The van der Waals surface area contributed by atoms with Gasteiger partial charge in [-0.3, -0.25) is 0 Å². The number of esters is 1. The topological polar surface area (TPSA) is 122 Å². The largest absolute Gasteiger partial charge is 0.464 e. The van der Waals surface area contributed by atoms with Gasteiger partial charge in [-0.1, -0.05) is 11.6 Å². The molecule has 33 heavy (non-hydrogen) atoms. The van der Waals surface area contributed by atoms with Crippen LogP contribution in [0.15, 0.2) is 36.8 Å². The summed E-state index contributed by atoms with van der Waals surface area (Å²) in [7, 11) is 0. The van der Waals surface area contributed by atoms with Gasteiger partial charge in [-0.15, -0.1) is 0 Å². The van der Waals surface area contributed by atoms with E-state index in [0.717, 1.165) is 43.4 Å². The van der Waals surface area contributed by atoms with Gasteiger partial charge in [0, 0.05) is 42.1 Å². The molecule has 0 aromatic carbocycles. The summed E-state index contributed by atoms with van der Waals surface area (Å²) in [5.74, 6) is 1.10. The van der Waals surface area contributed by atoms with Crippen molar-refractivity contribution in [3.8, 4) is 0 Å². The van der Waals surface area contributed by atoms with E-state index in [1.807, 2.05) is 18.2 Å². The van der Waals surface area contributed by atoms with Crippen LogP contribution in [0.3, 0.4) is 0 Å². The Morgan fingerprint density at radius 1 is 1.18 bits per heavy atom. The molecular weight excluding hydrogens is 444 g/mol. The molecule has 1 fully saturated rings. The summed E-state index contributed by atoms with van der Waals surface area (Å²) >= 11 is 6.18. The highest BCUT2D eigenvalue weighted by molar-refractivity contribution is 6.33. The Bertz CT molecular complexity index is 1090. The highest BCUT2D eigenvalue weighted by Gasteiger charge is 2.22. The fourth-order valence-electron chi connectivity index (χ4n) is 3.98. The van der Waals surface area contributed by atoms with E-state index in [1.165, 1.54) is 12.4 Å². The highest BCUT2D eigenvalue weighted by Crippen LogP contribution is 2.28. The Hall–Kier alpha value is -3.04. The molecule has 0 spiro atoms. The quantitative estimate of drug-likeness (QED) is 0.333. The molecule has 1 saturated carbocycles. The van der Waals surface area contributed by atoms with Gasteiger partial charge in [0.15, 0.2) is 11.3 Å². The first kappa shape index (κ1) is 23.1. The summed E-state index contributed by atoms with van der Waals surface area (Å²) in [5.41, 5.74) is 1.02.